The van der Waals surface area contributed by atoms with E-state index in [1.807, 2.05) is 32.0 Å². The van der Waals surface area contributed by atoms with E-state index >= 15 is 0 Å². The van der Waals surface area contributed by atoms with E-state index < -0.39 is 31.3 Å². The number of benzene rings is 1. The molecular weight excluding hydrogens is 274 g/mol. The molecule has 0 spiro atoms. The molecule has 0 heterocycles. The van der Waals surface area contributed by atoms with E-state index in [1.165, 1.54) is 5.56 Å². The molecule has 0 unspecified atom stereocenters. The molecule has 0 aliphatic heterocycles. The van der Waals surface area contributed by atoms with Crippen LogP contribution in [0.5, 0.6) is 5.75 Å². The van der Waals surface area contributed by atoms with E-state index in [4.69, 9.17) is 20.1 Å². The van der Waals surface area contributed by atoms with Gasteiger partial charge in [0.15, 0.2) is 0 Å². The molecule has 0 aliphatic carbocycles. The third kappa shape index (κ3) is 5.00. The number of aliphatic hydroxyl groups is 3. The van der Waals surface area contributed by atoms with Gasteiger partial charge in [0.05, 0.1) is 32.8 Å². The molecule has 0 atom stereocenters. The summed E-state index contributed by atoms with van der Waals surface area (Å²) in [5.74, 6) is 0.277. The van der Waals surface area contributed by atoms with Gasteiger partial charge in [-0.3, -0.25) is 4.79 Å². The number of nitrogens with one attached hydrogen (secondary N) is 1. The van der Waals surface area contributed by atoms with Gasteiger partial charge in [0.1, 0.15) is 11.3 Å². The molecule has 1 aromatic carbocycles. The highest BCUT2D eigenvalue weighted by atomic mass is 16.5. The fourth-order valence-corrected chi connectivity index (χ4v) is 1.69. The van der Waals surface area contributed by atoms with Crippen molar-refractivity contribution in [3.05, 3.63) is 29.3 Å². The third-order valence-corrected chi connectivity index (χ3v) is 3.39. The molecule has 0 radical (unpaired) electrons. The van der Waals surface area contributed by atoms with Crippen LogP contribution in [0.4, 0.5) is 0 Å². The number of rotatable bonds is 8. The molecule has 1 aromatic rings. The molecular formula is C15H23NO5. The zero-order valence-corrected chi connectivity index (χ0v) is 12.4. The van der Waals surface area contributed by atoms with E-state index in [2.05, 4.69) is 5.32 Å². The Morgan fingerprint density at radius 2 is 1.76 bits per heavy atom. The Bertz CT molecular complexity index is 463. The van der Waals surface area contributed by atoms with Gasteiger partial charge in [0.25, 0.3) is 0 Å². The van der Waals surface area contributed by atoms with Crippen molar-refractivity contribution in [2.45, 2.75) is 25.8 Å². The Labute approximate surface area is 124 Å². The minimum Gasteiger partial charge on any atom is -0.493 e. The minimum atomic E-state index is -1.39. The predicted molar refractivity (Wildman–Crippen MR) is 78.2 cm³/mol. The van der Waals surface area contributed by atoms with Crippen molar-refractivity contribution >= 4 is 5.91 Å². The summed E-state index contributed by atoms with van der Waals surface area (Å²) in [6.07, 6.45) is 0.0642. The molecule has 0 aliphatic rings. The predicted octanol–water partition coefficient (Wildman–Crippen LogP) is -0.0958. The number of carbonyl (C=O) groups excluding carboxylic acids is 1. The van der Waals surface area contributed by atoms with Crippen molar-refractivity contribution in [3.8, 4) is 5.75 Å². The number of aryl methyl sites for hydroxylation is 2. The maximum Gasteiger partial charge on any atom is 0.224 e. The fraction of sp³-hybridized carbons (Fsp3) is 0.533. The highest BCUT2D eigenvalue weighted by molar-refractivity contribution is 5.77. The van der Waals surface area contributed by atoms with Crippen LogP contribution in [0.2, 0.25) is 0 Å². The van der Waals surface area contributed by atoms with Crippen molar-refractivity contribution in [1.29, 1.82) is 0 Å². The Kier molecular flexibility index (Phi) is 6.61. The van der Waals surface area contributed by atoms with Gasteiger partial charge in [-0.1, -0.05) is 6.07 Å². The lowest BCUT2D eigenvalue weighted by Gasteiger charge is -2.28. The average Bonchev–Trinajstić information content (AvgIpc) is 2.48. The number of hydrogen-bond acceptors (Lipinski definition) is 5. The standard InChI is InChI=1S/C15H23NO5/c1-11-3-4-13(7-12(11)2)21-6-5-14(20)16-15(8-17,9-18)10-19/h3-4,7,17-19H,5-6,8-10H2,1-2H3,(H,16,20). The fourth-order valence-electron chi connectivity index (χ4n) is 1.69. The van der Waals surface area contributed by atoms with Gasteiger partial charge in [-0.2, -0.15) is 0 Å². The lowest BCUT2D eigenvalue weighted by molar-refractivity contribution is -0.125. The third-order valence-electron chi connectivity index (χ3n) is 3.39. The number of aliphatic hydroxyl groups excluding tert-OH is 3. The van der Waals surface area contributed by atoms with Gasteiger partial charge in [-0.15, -0.1) is 0 Å². The Morgan fingerprint density at radius 3 is 2.29 bits per heavy atom. The van der Waals surface area contributed by atoms with Gasteiger partial charge in [0, 0.05) is 0 Å². The first kappa shape index (κ1) is 17.4. The van der Waals surface area contributed by atoms with Crippen LogP contribution in [0.1, 0.15) is 17.5 Å². The zero-order chi connectivity index (χ0) is 15.9. The number of hydrogen-bond donors (Lipinski definition) is 4. The average molecular weight is 297 g/mol. The molecule has 0 saturated heterocycles. The number of ether oxygens (including phenoxy) is 1. The highest BCUT2D eigenvalue weighted by Gasteiger charge is 2.29. The van der Waals surface area contributed by atoms with E-state index in [0.29, 0.717) is 5.75 Å². The van der Waals surface area contributed by atoms with E-state index in [1.54, 1.807) is 0 Å². The van der Waals surface area contributed by atoms with Crippen LogP contribution in [-0.4, -0.2) is 53.2 Å². The van der Waals surface area contributed by atoms with Crippen LogP contribution in [0.3, 0.4) is 0 Å². The lowest BCUT2D eigenvalue weighted by atomic mass is 10.0. The smallest absolute Gasteiger partial charge is 0.224 e. The summed E-state index contributed by atoms with van der Waals surface area (Å²) in [4.78, 5) is 11.7. The van der Waals surface area contributed by atoms with Gasteiger partial charge >= 0.3 is 0 Å². The Hall–Kier alpha value is -1.63. The largest absolute Gasteiger partial charge is 0.493 e. The molecule has 21 heavy (non-hydrogen) atoms. The number of amides is 1. The van der Waals surface area contributed by atoms with Crippen molar-refractivity contribution in [3.63, 3.8) is 0 Å². The van der Waals surface area contributed by atoms with Crippen LogP contribution in [0.25, 0.3) is 0 Å². The lowest BCUT2D eigenvalue weighted by Crippen LogP contribution is -2.57. The van der Waals surface area contributed by atoms with Crippen molar-refractivity contribution in [2.24, 2.45) is 0 Å². The molecule has 0 bridgehead atoms. The zero-order valence-electron chi connectivity index (χ0n) is 12.4. The summed E-state index contributed by atoms with van der Waals surface area (Å²) >= 11 is 0. The molecule has 6 heteroatoms. The van der Waals surface area contributed by atoms with E-state index in [9.17, 15) is 4.79 Å². The molecule has 0 saturated carbocycles. The summed E-state index contributed by atoms with van der Waals surface area (Å²) in [7, 11) is 0. The van der Waals surface area contributed by atoms with Crippen LogP contribution < -0.4 is 10.1 Å². The van der Waals surface area contributed by atoms with Crippen LogP contribution >= 0.6 is 0 Å². The van der Waals surface area contributed by atoms with Gasteiger partial charge in [0.2, 0.25) is 5.91 Å². The summed E-state index contributed by atoms with van der Waals surface area (Å²) in [5, 5.41) is 29.8. The quantitative estimate of drug-likeness (QED) is 0.537. The molecule has 1 amide bonds. The second-order valence-electron chi connectivity index (χ2n) is 5.15. The Morgan fingerprint density at radius 1 is 1.14 bits per heavy atom. The monoisotopic (exact) mass is 297 g/mol. The molecule has 6 nitrogen and oxygen atoms in total. The maximum atomic E-state index is 11.7. The maximum absolute atomic E-state index is 11.7. The van der Waals surface area contributed by atoms with Crippen molar-refractivity contribution in [2.75, 3.05) is 26.4 Å². The second-order valence-corrected chi connectivity index (χ2v) is 5.15. The molecule has 118 valence electrons. The first-order valence-electron chi connectivity index (χ1n) is 6.80. The van der Waals surface area contributed by atoms with Crippen LogP contribution in [-0.2, 0) is 4.79 Å². The first-order chi connectivity index (χ1) is 9.96. The summed E-state index contributed by atoms with van der Waals surface area (Å²) in [5.41, 5.74) is 0.882. The van der Waals surface area contributed by atoms with Crippen LogP contribution in [0.15, 0.2) is 18.2 Å². The SMILES string of the molecule is Cc1ccc(OCCC(=O)NC(CO)(CO)CO)cc1C. The van der Waals surface area contributed by atoms with Crippen molar-refractivity contribution in [1.82, 2.24) is 5.32 Å². The summed E-state index contributed by atoms with van der Waals surface area (Å²) in [6, 6.07) is 5.67. The summed E-state index contributed by atoms with van der Waals surface area (Å²) < 4.78 is 5.48. The molecule has 0 aromatic heterocycles. The Balaban J connectivity index is 2.44. The van der Waals surface area contributed by atoms with E-state index in [0.717, 1.165) is 5.56 Å². The molecule has 4 N–H and O–H groups in total. The minimum absolute atomic E-state index is 0.0642. The second kappa shape index (κ2) is 7.97. The number of carbonyl (C=O) groups is 1. The highest BCUT2D eigenvalue weighted by Crippen LogP contribution is 2.16. The van der Waals surface area contributed by atoms with E-state index in [-0.39, 0.29) is 13.0 Å². The topological polar surface area (TPSA) is 99.0 Å². The van der Waals surface area contributed by atoms with Gasteiger partial charge in [-0.25, -0.2) is 0 Å². The normalized spacial score (nSPS) is 11.3. The van der Waals surface area contributed by atoms with Crippen molar-refractivity contribution < 1.29 is 24.9 Å². The summed E-state index contributed by atoms with van der Waals surface area (Å²) in [6.45, 7) is 2.54. The molecule has 0 fully saturated rings. The van der Waals surface area contributed by atoms with Crippen LogP contribution in [0, 0.1) is 13.8 Å². The van der Waals surface area contributed by atoms with Gasteiger partial charge in [-0.05, 0) is 37.1 Å². The first-order valence-corrected chi connectivity index (χ1v) is 6.80. The molecule has 1 rings (SSSR count). The van der Waals surface area contributed by atoms with Gasteiger partial charge < -0.3 is 25.4 Å².